The molecule has 0 saturated carbocycles. The minimum atomic E-state index is -0.333. The second kappa shape index (κ2) is 4.76. The molecule has 0 amide bonds. The summed E-state index contributed by atoms with van der Waals surface area (Å²) in [5, 5.41) is 0. The van der Waals surface area contributed by atoms with Crippen LogP contribution in [0.15, 0.2) is 0 Å². The van der Waals surface area contributed by atoms with Crippen molar-refractivity contribution >= 4 is 25.3 Å². The Labute approximate surface area is 43.1 Å². The predicted molar refractivity (Wildman–Crippen MR) is 29.1 cm³/mol. The molecule has 0 aromatic carbocycles. The van der Waals surface area contributed by atoms with Crippen LogP contribution in [0.4, 0.5) is 0 Å². The Balaban J connectivity index is 0. The van der Waals surface area contributed by atoms with Crippen LogP contribution in [0.25, 0.3) is 0 Å². The summed E-state index contributed by atoms with van der Waals surface area (Å²) in [6.45, 7) is 0. The van der Waals surface area contributed by atoms with E-state index in [4.69, 9.17) is 0 Å². The largest absolute Gasteiger partial charge is 0 e. The van der Waals surface area contributed by atoms with Gasteiger partial charge in [0.1, 0.15) is 0 Å². The molecule has 0 N–H and O–H groups in total. The summed E-state index contributed by atoms with van der Waals surface area (Å²) >= 11 is -0.333. The van der Waals surface area contributed by atoms with Gasteiger partial charge in [-0.1, -0.05) is 0 Å². The maximum Gasteiger partial charge on any atom is 0 e. The summed E-state index contributed by atoms with van der Waals surface area (Å²) in [7, 11) is 0. The molecule has 0 unspecified atom stereocenters. The van der Waals surface area contributed by atoms with Crippen LogP contribution < -0.4 is 0 Å². The molecule has 0 aromatic heterocycles. The molecule has 0 aliphatic heterocycles. The molecule has 0 aromatic rings. The first-order valence-corrected chi connectivity index (χ1v) is 7.79. The molecule has 0 nitrogen and oxygen atoms in total. The second-order valence-corrected chi connectivity index (χ2v) is 7.79. The molecule has 0 aliphatic rings. The van der Waals surface area contributed by atoms with Gasteiger partial charge in [-0.15, -0.1) is 0 Å². The van der Waals surface area contributed by atoms with E-state index >= 15 is 0 Å². The first-order valence-electron chi connectivity index (χ1n) is 1.50. The van der Waals surface area contributed by atoms with E-state index in [1.807, 2.05) is 0 Å². The van der Waals surface area contributed by atoms with Gasteiger partial charge in [0, 0.05) is 11.0 Å². The summed E-state index contributed by atoms with van der Waals surface area (Å²) in [6.07, 6.45) is 0. The summed E-state index contributed by atoms with van der Waals surface area (Å²) in [4.78, 5) is 0. The van der Waals surface area contributed by atoms with E-state index in [-0.39, 0.29) is 25.3 Å². The number of rotatable bonds is 0. The van der Waals surface area contributed by atoms with Crippen molar-refractivity contribution in [3.63, 3.8) is 0 Å². The standard InChI is InChI=1S/C3H9Ge.Si/c1-4(2)3;/h1-3H3;. The van der Waals surface area contributed by atoms with E-state index in [9.17, 15) is 0 Å². The van der Waals surface area contributed by atoms with E-state index in [2.05, 4.69) is 17.3 Å². The van der Waals surface area contributed by atoms with Crippen LogP contribution in [0.2, 0.25) is 17.3 Å². The molecule has 0 spiro atoms. The van der Waals surface area contributed by atoms with Crippen LogP contribution in [-0.4, -0.2) is 25.3 Å². The third-order valence-electron chi connectivity index (χ3n) is 0. The quantitative estimate of drug-likeness (QED) is 0.447. The fourth-order valence-electron chi connectivity index (χ4n) is 0. The van der Waals surface area contributed by atoms with Crippen LogP contribution in [0.5, 0.6) is 0 Å². The van der Waals surface area contributed by atoms with Crippen molar-refractivity contribution in [2.75, 3.05) is 0 Å². The van der Waals surface area contributed by atoms with Crippen molar-refractivity contribution in [1.29, 1.82) is 0 Å². The molecule has 29 valence electrons. The Morgan fingerprint density at radius 3 is 1.00 bits per heavy atom. The van der Waals surface area contributed by atoms with Crippen LogP contribution in [-0.2, 0) is 0 Å². The average Bonchev–Trinajstić information content (AvgIpc) is 0.811. The summed E-state index contributed by atoms with van der Waals surface area (Å²) < 4.78 is 0. The smallest absolute Gasteiger partial charge is 0 e. The van der Waals surface area contributed by atoms with Gasteiger partial charge in [0.15, 0.2) is 0 Å². The summed E-state index contributed by atoms with van der Waals surface area (Å²) in [5.41, 5.74) is 0. The molecule has 0 heterocycles. The van der Waals surface area contributed by atoms with Crippen molar-refractivity contribution in [3.05, 3.63) is 0 Å². The molecule has 0 bridgehead atoms. The minimum Gasteiger partial charge on any atom is 0 e. The van der Waals surface area contributed by atoms with Crippen molar-refractivity contribution in [3.8, 4) is 0 Å². The summed E-state index contributed by atoms with van der Waals surface area (Å²) in [6, 6.07) is 0. The van der Waals surface area contributed by atoms with Crippen molar-refractivity contribution in [2.24, 2.45) is 0 Å². The Morgan fingerprint density at radius 1 is 1.00 bits per heavy atom. The molecule has 0 saturated heterocycles. The van der Waals surface area contributed by atoms with Gasteiger partial charge in [-0.25, -0.2) is 0 Å². The van der Waals surface area contributed by atoms with Gasteiger partial charge in [0.2, 0.25) is 0 Å². The maximum atomic E-state index is 2.33. The van der Waals surface area contributed by atoms with Gasteiger partial charge < -0.3 is 0 Å². The van der Waals surface area contributed by atoms with Crippen molar-refractivity contribution in [2.45, 2.75) is 17.3 Å². The summed E-state index contributed by atoms with van der Waals surface area (Å²) in [5.74, 6) is 7.00. The third-order valence-corrected chi connectivity index (χ3v) is 0. The Morgan fingerprint density at radius 2 is 1.00 bits per heavy atom. The second-order valence-electron chi connectivity index (χ2n) is 1.50. The fourth-order valence-corrected chi connectivity index (χ4v) is 0. The number of hydrogen-bond donors (Lipinski definition) is 0. The molecular formula is C3H9GeSi. The molecule has 5 heavy (non-hydrogen) atoms. The zero-order valence-electron chi connectivity index (χ0n) is 4.00. The van der Waals surface area contributed by atoms with Gasteiger partial charge >= 0.3 is 31.6 Å². The Kier molecular flexibility index (Phi) is 8.79. The first-order chi connectivity index (χ1) is 1.73. The minimum absolute atomic E-state index is 0. The molecular weight excluding hydrogens is 137 g/mol. The monoisotopic (exact) mass is 147 g/mol. The van der Waals surface area contributed by atoms with Crippen molar-refractivity contribution in [1.82, 2.24) is 0 Å². The molecule has 0 fully saturated rings. The zero-order valence-corrected chi connectivity index (χ0v) is 7.10. The maximum absolute atomic E-state index is 2.33. The average molecular weight is 146 g/mol. The van der Waals surface area contributed by atoms with E-state index in [1.165, 1.54) is 0 Å². The molecule has 2 heteroatoms. The van der Waals surface area contributed by atoms with Gasteiger partial charge in [0.25, 0.3) is 0 Å². The van der Waals surface area contributed by atoms with E-state index in [0.717, 1.165) is 0 Å². The molecule has 5 radical (unpaired) electrons. The van der Waals surface area contributed by atoms with Gasteiger partial charge in [-0.2, -0.15) is 0 Å². The van der Waals surface area contributed by atoms with Crippen LogP contribution in [0, 0.1) is 0 Å². The third kappa shape index (κ3) is 62.8. The van der Waals surface area contributed by atoms with Crippen LogP contribution in [0.3, 0.4) is 0 Å². The van der Waals surface area contributed by atoms with Gasteiger partial charge in [-0.3, -0.25) is 0 Å². The van der Waals surface area contributed by atoms with Gasteiger partial charge in [0.05, 0.1) is 0 Å². The van der Waals surface area contributed by atoms with Crippen LogP contribution in [0.1, 0.15) is 0 Å². The molecule has 0 rings (SSSR count). The normalized spacial score (nSPS) is 7.20. The van der Waals surface area contributed by atoms with E-state index in [0.29, 0.717) is 0 Å². The molecule has 0 aliphatic carbocycles. The Hall–Kier alpha value is 0.760. The predicted octanol–water partition coefficient (Wildman–Crippen LogP) is 0.990. The van der Waals surface area contributed by atoms with Gasteiger partial charge in [-0.05, 0) is 0 Å². The fraction of sp³-hybridized carbons (Fsp3) is 1.00. The van der Waals surface area contributed by atoms with Crippen molar-refractivity contribution < 1.29 is 0 Å². The number of hydrogen-bond acceptors (Lipinski definition) is 0. The SMILES string of the molecule is [CH3][Ge]([CH3])[CH3].[Si]. The molecule has 0 atom stereocenters. The Bertz CT molecular complexity index is 11.6. The zero-order chi connectivity index (χ0) is 3.58. The van der Waals surface area contributed by atoms with Crippen LogP contribution >= 0.6 is 0 Å². The van der Waals surface area contributed by atoms with E-state index < -0.39 is 0 Å². The first kappa shape index (κ1) is 9.23. The topological polar surface area (TPSA) is 0 Å². The van der Waals surface area contributed by atoms with E-state index in [1.54, 1.807) is 0 Å².